The molecule has 1 aromatic heterocycles. The molecular formula is C23H27N5OS. The van der Waals surface area contributed by atoms with Crippen molar-refractivity contribution in [1.29, 1.82) is 0 Å². The van der Waals surface area contributed by atoms with E-state index in [-0.39, 0.29) is 11.0 Å². The number of aryl methyl sites for hydroxylation is 1. The Labute approximate surface area is 182 Å². The van der Waals surface area contributed by atoms with E-state index in [9.17, 15) is 5.11 Å². The molecule has 30 heavy (non-hydrogen) atoms. The van der Waals surface area contributed by atoms with Crippen LogP contribution in [-0.4, -0.2) is 32.3 Å². The number of likely N-dealkylation sites (tertiary alicyclic amines) is 1. The lowest BCUT2D eigenvalue weighted by Crippen LogP contribution is -2.38. The minimum Gasteiger partial charge on any atom is -0.493 e. The van der Waals surface area contributed by atoms with E-state index in [1.165, 1.54) is 19.3 Å². The number of hydrogen-bond acceptors (Lipinski definition) is 4. The van der Waals surface area contributed by atoms with Crippen LogP contribution in [0.25, 0.3) is 10.9 Å². The summed E-state index contributed by atoms with van der Waals surface area (Å²) in [5, 5.41) is 23.7. The van der Waals surface area contributed by atoms with Crippen LogP contribution in [0.4, 0.5) is 11.4 Å². The molecule has 0 amide bonds. The van der Waals surface area contributed by atoms with Crippen LogP contribution in [0.15, 0.2) is 58.8 Å². The minimum absolute atomic E-state index is 0.122. The van der Waals surface area contributed by atoms with E-state index >= 15 is 0 Å². The Morgan fingerprint density at radius 1 is 1.17 bits per heavy atom. The highest BCUT2D eigenvalue weighted by molar-refractivity contribution is 7.80. The molecule has 1 atom stereocenters. The molecule has 4 rings (SSSR count). The average Bonchev–Trinajstić information content (AvgIpc) is 3.01. The molecule has 6 nitrogen and oxygen atoms in total. The first-order chi connectivity index (χ1) is 14.5. The molecule has 156 valence electrons. The van der Waals surface area contributed by atoms with Gasteiger partial charge in [-0.2, -0.15) is 0 Å². The van der Waals surface area contributed by atoms with Crippen molar-refractivity contribution in [3.05, 3.63) is 54.1 Å². The van der Waals surface area contributed by atoms with Gasteiger partial charge in [-0.25, -0.2) is 0 Å². The Morgan fingerprint density at radius 3 is 2.73 bits per heavy atom. The first kappa shape index (κ1) is 20.5. The molecule has 1 fully saturated rings. The summed E-state index contributed by atoms with van der Waals surface area (Å²) in [7, 11) is 0. The third kappa shape index (κ3) is 4.22. The summed E-state index contributed by atoms with van der Waals surface area (Å²) in [5.41, 5.74) is 3.36. The number of rotatable bonds is 4. The van der Waals surface area contributed by atoms with Gasteiger partial charge in [0.25, 0.3) is 0 Å². The zero-order valence-electron chi connectivity index (χ0n) is 17.4. The highest BCUT2D eigenvalue weighted by atomic mass is 32.1. The fourth-order valence-electron chi connectivity index (χ4n) is 4.01. The van der Waals surface area contributed by atoms with Crippen LogP contribution in [0.1, 0.15) is 31.7 Å². The van der Waals surface area contributed by atoms with Gasteiger partial charge in [-0.3, -0.25) is 9.47 Å². The quantitative estimate of drug-likeness (QED) is 0.402. The van der Waals surface area contributed by atoms with Crippen molar-refractivity contribution in [3.63, 3.8) is 0 Å². The summed E-state index contributed by atoms with van der Waals surface area (Å²) < 4.78 is 1.92. The second kappa shape index (κ2) is 8.93. The van der Waals surface area contributed by atoms with Crippen LogP contribution >= 0.6 is 12.2 Å². The van der Waals surface area contributed by atoms with Crippen molar-refractivity contribution in [2.24, 2.45) is 10.2 Å². The zero-order valence-corrected chi connectivity index (χ0v) is 18.2. The van der Waals surface area contributed by atoms with Crippen LogP contribution in [-0.2, 0) is 6.67 Å². The number of aromatic hydroxyl groups is 1. The largest absolute Gasteiger partial charge is 0.493 e. The van der Waals surface area contributed by atoms with Crippen LogP contribution in [0.2, 0.25) is 0 Å². The molecular weight excluding hydrogens is 394 g/mol. The summed E-state index contributed by atoms with van der Waals surface area (Å²) in [6.07, 6.45) is 3.64. The highest BCUT2D eigenvalue weighted by Gasteiger charge is 2.22. The summed E-state index contributed by atoms with van der Waals surface area (Å²) in [6, 6.07) is 16.2. The average molecular weight is 422 g/mol. The van der Waals surface area contributed by atoms with E-state index in [0.717, 1.165) is 28.7 Å². The molecule has 2 N–H and O–H groups in total. The van der Waals surface area contributed by atoms with Gasteiger partial charge in [0.2, 0.25) is 11.0 Å². The number of thiocarbonyl (C=S) groups is 1. The lowest BCUT2D eigenvalue weighted by atomic mass is 10.0. The molecule has 0 unspecified atom stereocenters. The third-order valence-corrected chi connectivity index (χ3v) is 5.99. The Hall–Kier alpha value is -2.77. The molecule has 0 saturated carbocycles. The number of para-hydroxylation sites is 2. The number of anilines is 1. The van der Waals surface area contributed by atoms with Gasteiger partial charge in [0.1, 0.15) is 0 Å². The molecule has 0 radical (unpaired) electrons. The fourth-order valence-corrected chi connectivity index (χ4v) is 4.16. The van der Waals surface area contributed by atoms with Crippen molar-refractivity contribution in [3.8, 4) is 5.88 Å². The van der Waals surface area contributed by atoms with E-state index in [1.807, 2.05) is 60.0 Å². The SMILES string of the molecule is Cc1ccccc1NC(=S)N=Nc1c(O)n(CN2CCCC[C@H]2C)c2ccccc12. The Kier molecular flexibility index (Phi) is 6.11. The number of hydrogen-bond donors (Lipinski definition) is 2. The van der Waals surface area contributed by atoms with Gasteiger partial charge in [0.05, 0.1) is 12.2 Å². The third-order valence-electron chi connectivity index (χ3n) is 5.81. The van der Waals surface area contributed by atoms with E-state index in [1.54, 1.807) is 0 Å². The molecule has 1 aliphatic rings. The van der Waals surface area contributed by atoms with Gasteiger partial charge in [-0.15, -0.1) is 10.2 Å². The van der Waals surface area contributed by atoms with Gasteiger partial charge < -0.3 is 10.4 Å². The molecule has 1 saturated heterocycles. The van der Waals surface area contributed by atoms with Crippen LogP contribution in [0.5, 0.6) is 5.88 Å². The number of aromatic nitrogens is 1. The van der Waals surface area contributed by atoms with Crippen LogP contribution in [0, 0.1) is 6.92 Å². The molecule has 3 aromatic rings. The van der Waals surface area contributed by atoms with Crippen LogP contribution in [0.3, 0.4) is 0 Å². The van der Waals surface area contributed by atoms with E-state index in [2.05, 4.69) is 27.4 Å². The van der Waals surface area contributed by atoms with Gasteiger partial charge in [0, 0.05) is 23.7 Å². The van der Waals surface area contributed by atoms with Crippen LogP contribution < -0.4 is 5.32 Å². The number of nitrogens with zero attached hydrogens (tertiary/aromatic N) is 4. The van der Waals surface area contributed by atoms with Gasteiger partial charge in [0.15, 0.2) is 5.69 Å². The lowest BCUT2D eigenvalue weighted by Gasteiger charge is -2.33. The maximum atomic E-state index is 11.0. The molecule has 1 aliphatic heterocycles. The van der Waals surface area contributed by atoms with E-state index in [0.29, 0.717) is 18.4 Å². The summed E-state index contributed by atoms with van der Waals surface area (Å²) in [6.45, 7) is 5.92. The standard InChI is InChI=1S/C23H27N5OS/c1-16-9-3-5-12-19(16)24-23(30)26-25-21-18-11-4-6-13-20(18)28(22(21)29)15-27-14-8-7-10-17(27)2/h3-6,9,11-13,17,29H,7-8,10,14-15H2,1-2H3,(H,24,30)/t17-/m1/s1. The minimum atomic E-state index is 0.122. The van der Waals surface area contributed by atoms with E-state index in [4.69, 9.17) is 12.2 Å². The predicted octanol–water partition coefficient (Wildman–Crippen LogP) is 5.97. The van der Waals surface area contributed by atoms with E-state index < -0.39 is 0 Å². The van der Waals surface area contributed by atoms with Crippen molar-refractivity contribution in [2.75, 3.05) is 11.9 Å². The molecule has 2 heterocycles. The maximum absolute atomic E-state index is 11.0. The highest BCUT2D eigenvalue weighted by Crippen LogP contribution is 2.39. The first-order valence-corrected chi connectivity index (χ1v) is 10.8. The van der Waals surface area contributed by atoms with Crippen molar-refractivity contribution in [2.45, 2.75) is 45.8 Å². The molecule has 7 heteroatoms. The van der Waals surface area contributed by atoms with Crippen molar-refractivity contribution < 1.29 is 5.11 Å². The summed E-state index contributed by atoms with van der Waals surface area (Å²) in [5.74, 6) is 0.122. The summed E-state index contributed by atoms with van der Waals surface area (Å²) >= 11 is 5.35. The zero-order chi connectivity index (χ0) is 21.1. The molecule has 2 aromatic carbocycles. The predicted molar refractivity (Wildman–Crippen MR) is 126 cm³/mol. The topological polar surface area (TPSA) is 65.2 Å². The van der Waals surface area contributed by atoms with Crippen molar-refractivity contribution >= 4 is 39.6 Å². The Morgan fingerprint density at radius 2 is 1.93 bits per heavy atom. The lowest BCUT2D eigenvalue weighted by molar-refractivity contribution is 0.120. The number of nitrogens with one attached hydrogen (secondary N) is 1. The monoisotopic (exact) mass is 421 g/mol. The molecule has 0 spiro atoms. The molecule has 0 bridgehead atoms. The Bertz CT molecular complexity index is 1090. The number of piperidine rings is 1. The Balaban J connectivity index is 1.61. The number of azo groups is 1. The smallest absolute Gasteiger partial charge is 0.221 e. The number of benzene rings is 2. The first-order valence-electron chi connectivity index (χ1n) is 10.4. The van der Waals surface area contributed by atoms with Gasteiger partial charge >= 0.3 is 0 Å². The van der Waals surface area contributed by atoms with Crippen molar-refractivity contribution in [1.82, 2.24) is 9.47 Å². The van der Waals surface area contributed by atoms with Gasteiger partial charge in [-0.05, 0) is 56.6 Å². The second-order valence-corrected chi connectivity index (χ2v) is 8.25. The fraction of sp³-hybridized carbons (Fsp3) is 0.348. The second-order valence-electron chi connectivity index (χ2n) is 7.86. The maximum Gasteiger partial charge on any atom is 0.221 e. The normalized spacial score (nSPS) is 17.6. The molecule has 0 aliphatic carbocycles. The van der Waals surface area contributed by atoms with Gasteiger partial charge in [-0.1, -0.05) is 42.8 Å². The number of fused-ring (bicyclic) bond motifs is 1. The summed E-state index contributed by atoms with van der Waals surface area (Å²) in [4.78, 5) is 2.40.